The number of hydrogen-bond donors (Lipinski definition) is 6. The van der Waals surface area contributed by atoms with Crippen LogP contribution in [0.3, 0.4) is 0 Å². The van der Waals surface area contributed by atoms with E-state index < -0.39 is 54.2 Å². The zero-order valence-corrected chi connectivity index (χ0v) is 22.5. The molecule has 2 fully saturated rings. The topological polar surface area (TPSA) is 200 Å². The van der Waals surface area contributed by atoms with E-state index in [1.807, 2.05) is 0 Å². The third kappa shape index (κ3) is 7.34. The Morgan fingerprint density at radius 3 is 2.12 bits per heavy atom. The highest BCUT2D eigenvalue weighted by Gasteiger charge is 2.53. The van der Waals surface area contributed by atoms with Gasteiger partial charge < -0.3 is 44.8 Å². The number of carboxylic acid groups (broad SMARTS) is 1. The summed E-state index contributed by atoms with van der Waals surface area (Å²) < 4.78 is 17.4. The van der Waals surface area contributed by atoms with Crippen molar-refractivity contribution in [1.82, 2.24) is 0 Å². The molecule has 1 saturated heterocycles. The van der Waals surface area contributed by atoms with Gasteiger partial charge in [-0.1, -0.05) is 24.3 Å². The summed E-state index contributed by atoms with van der Waals surface area (Å²) in [5.41, 5.74) is -1.14. The molecular formula is C30H32O12. The summed E-state index contributed by atoms with van der Waals surface area (Å²) in [7, 11) is 0. The minimum Gasteiger partial charge on any atom is -0.504 e. The number of carboxylic acids is 1. The van der Waals surface area contributed by atoms with Crippen molar-refractivity contribution in [3.63, 3.8) is 0 Å². The van der Waals surface area contributed by atoms with E-state index in [2.05, 4.69) is 0 Å². The molecule has 2 aliphatic rings. The smallest absolute Gasteiger partial charge is 0.336 e. The van der Waals surface area contributed by atoms with Gasteiger partial charge in [-0.15, -0.1) is 0 Å². The summed E-state index contributed by atoms with van der Waals surface area (Å²) in [6, 6.07) is 8.01. The van der Waals surface area contributed by atoms with Crippen molar-refractivity contribution in [2.75, 3.05) is 13.2 Å². The lowest BCUT2D eigenvalue weighted by Crippen LogP contribution is -2.60. The van der Waals surface area contributed by atoms with Crippen molar-refractivity contribution >= 4 is 29.7 Å². The molecule has 2 aromatic carbocycles. The molecule has 4 rings (SSSR count). The predicted octanol–water partition coefficient (Wildman–Crippen LogP) is 2.30. The molecule has 1 aliphatic heterocycles. The molecular weight excluding hydrogens is 552 g/mol. The summed E-state index contributed by atoms with van der Waals surface area (Å²) in [5, 5.41) is 59.1. The van der Waals surface area contributed by atoms with E-state index in [-0.39, 0.29) is 48.9 Å². The van der Waals surface area contributed by atoms with Crippen molar-refractivity contribution in [3.05, 3.63) is 59.7 Å². The average Bonchev–Trinajstić information content (AvgIpc) is 2.93. The number of carbonyl (C=O) groups is 3. The summed E-state index contributed by atoms with van der Waals surface area (Å²) in [5.74, 6) is -3.77. The van der Waals surface area contributed by atoms with Crippen LogP contribution in [0.1, 0.15) is 36.8 Å². The monoisotopic (exact) mass is 584 g/mol. The van der Waals surface area contributed by atoms with Crippen molar-refractivity contribution < 1.29 is 59.2 Å². The quantitative estimate of drug-likeness (QED) is 0.186. The molecule has 1 saturated carbocycles. The fourth-order valence-electron chi connectivity index (χ4n) is 4.92. The van der Waals surface area contributed by atoms with Gasteiger partial charge in [-0.25, -0.2) is 4.79 Å². The number of ketones is 2. The van der Waals surface area contributed by atoms with Crippen molar-refractivity contribution in [1.29, 1.82) is 0 Å². The van der Waals surface area contributed by atoms with Gasteiger partial charge in [0.15, 0.2) is 40.2 Å². The highest BCUT2D eigenvalue weighted by atomic mass is 16.6. The third-order valence-electron chi connectivity index (χ3n) is 7.17. The van der Waals surface area contributed by atoms with Gasteiger partial charge in [0.2, 0.25) is 0 Å². The van der Waals surface area contributed by atoms with E-state index in [1.165, 1.54) is 54.6 Å². The lowest BCUT2D eigenvalue weighted by atomic mass is 9.78. The first-order valence-corrected chi connectivity index (χ1v) is 13.3. The maximum atomic E-state index is 13.0. The van der Waals surface area contributed by atoms with Gasteiger partial charge in [0.1, 0.15) is 18.8 Å². The Kier molecular flexibility index (Phi) is 9.63. The van der Waals surface area contributed by atoms with Crippen LogP contribution in [0, 0.1) is 0 Å². The second-order valence-electron chi connectivity index (χ2n) is 10.2. The number of hydrogen-bond acceptors (Lipinski definition) is 11. The normalized spacial score (nSPS) is 26.4. The van der Waals surface area contributed by atoms with Crippen LogP contribution in [0.2, 0.25) is 0 Å². The summed E-state index contributed by atoms with van der Waals surface area (Å²) in [6.07, 6.45) is 0.951. The molecule has 0 amide bonds. The Morgan fingerprint density at radius 2 is 1.52 bits per heavy atom. The Bertz CT molecular complexity index is 1380. The molecule has 5 atom stereocenters. The van der Waals surface area contributed by atoms with Crippen molar-refractivity contribution in [2.45, 2.75) is 55.7 Å². The number of ether oxygens (including phenoxy) is 3. The second kappa shape index (κ2) is 13.2. The first-order valence-electron chi connectivity index (χ1n) is 13.3. The summed E-state index contributed by atoms with van der Waals surface area (Å²) in [4.78, 5) is 37.9. The van der Waals surface area contributed by atoms with Gasteiger partial charge in [-0.3, -0.25) is 9.59 Å². The van der Waals surface area contributed by atoms with E-state index >= 15 is 0 Å². The SMILES string of the molecule is O=C(C=Cc1ccc(O)c(O)c1)CO[C@]1(C(=O)O)C[C@@H](O)[C@@H]2OCCC[C@@H](C(=O)C=Cc3ccc(O)c(O)c3)O[C@@H]2C1. The molecule has 1 aliphatic carbocycles. The van der Waals surface area contributed by atoms with E-state index in [0.29, 0.717) is 17.5 Å². The number of benzene rings is 2. The maximum Gasteiger partial charge on any atom is 0.336 e. The van der Waals surface area contributed by atoms with E-state index in [9.17, 15) is 45.0 Å². The lowest BCUT2D eigenvalue weighted by Gasteiger charge is -2.45. The lowest BCUT2D eigenvalue weighted by molar-refractivity contribution is -0.225. The van der Waals surface area contributed by atoms with Gasteiger partial charge >= 0.3 is 5.97 Å². The first kappa shape index (κ1) is 30.7. The zero-order chi connectivity index (χ0) is 30.4. The molecule has 0 spiro atoms. The number of aliphatic hydroxyl groups is 1. The number of aromatic hydroxyl groups is 4. The van der Waals surface area contributed by atoms with Gasteiger partial charge in [0, 0.05) is 19.4 Å². The molecule has 42 heavy (non-hydrogen) atoms. The molecule has 12 heteroatoms. The molecule has 0 radical (unpaired) electrons. The molecule has 1 heterocycles. The molecule has 0 bridgehead atoms. The van der Waals surface area contributed by atoms with Crippen molar-refractivity contribution in [2.24, 2.45) is 0 Å². The molecule has 224 valence electrons. The van der Waals surface area contributed by atoms with Crippen LogP contribution < -0.4 is 0 Å². The van der Waals surface area contributed by atoms with Crippen LogP contribution in [-0.2, 0) is 28.6 Å². The molecule has 0 aromatic heterocycles. The number of rotatable bonds is 9. The summed E-state index contributed by atoms with van der Waals surface area (Å²) >= 11 is 0. The van der Waals surface area contributed by atoms with Crippen LogP contribution in [0.4, 0.5) is 0 Å². The molecule has 0 unspecified atom stereocenters. The summed E-state index contributed by atoms with van der Waals surface area (Å²) in [6.45, 7) is -0.430. The third-order valence-corrected chi connectivity index (χ3v) is 7.17. The highest BCUT2D eigenvalue weighted by Crippen LogP contribution is 2.38. The number of carbonyl (C=O) groups excluding carboxylic acids is 2. The Labute approximate surface area is 240 Å². The average molecular weight is 585 g/mol. The van der Waals surface area contributed by atoms with Gasteiger partial charge in [0.05, 0.1) is 12.2 Å². The Balaban J connectivity index is 1.46. The molecule has 12 nitrogen and oxygen atoms in total. The number of phenols is 4. The first-order chi connectivity index (χ1) is 20.0. The van der Waals surface area contributed by atoms with Gasteiger partial charge in [-0.2, -0.15) is 0 Å². The zero-order valence-electron chi connectivity index (χ0n) is 22.5. The molecule has 2 aromatic rings. The Morgan fingerprint density at radius 1 is 0.905 bits per heavy atom. The van der Waals surface area contributed by atoms with Crippen LogP contribution in [0.25, 0.3) is 12.2 Å². The maximum absolute atomic E-state index is 13.0. The largest absolute Gasteiger partial charge is 0.504 e. The van der Waals surface area contributed by atoms with Crippen LogP contribution in [0.15, 0.2) is 48.6 Å². The van der Waals surface area contributed by atoms with E-state index in [1.54, 1.807) is 0 Å². The van der Waals surface area contributed by atoms with Crippen LogP contribution in [0.5, 0.6) is 23.0 Å². The second-order valence-corrected chi connectivity index (χ2v) is 10.2. The fourth-order valence-corrected chi connectivity index (χ4v) is 4.92. The number of fused-ring (bicyclic) bond motifs is 1. The standard InChI is InChI=1S/C30H32O12/c31-19(7-3-17-4-8-20(32)23(35)12-17)16-41-30(29(38)39)14-25(37)28-27(15-30)42-26(2-1-11-40-28)22(34)10-6-18-5-9-21(33)24(36)13-18/h3-10,12-13,25-28,32-33,35-37H,1-2,11,14-16H2,(H,38,39)/t25-,26+,27-,28+,30-/m1/s1. The number of aliphatic hydroxyl groups excluding tert-OH is 1. The predicted molar refractivity (Wildman–Crippen MR) is 147 cm³/mol. The minimum atomic E-state index is -2.00. The molecule has 6 N–H and O–H groups in total. The Hall–Kier alpha value is -4.23. The fraction of sp³-hybridized carbons (Fsp3) is 0.367. The highest BCUT2D eigenvalue weighted by molar-refractivity contribution is 5.97. The van der Waals surface area contributed by atoms with Gasteiger partial charge in [0.25, 0.3) is 0 Å². The van der Waals surface area contributed by atoms with Crippen LogP contribution >= 0.6 is 0 Å². The van der Waals surface area contributed by atoms with E-state index in [0.717, 1.165) is 6.08 Å². The number of phenolic OH excluding ortho intramolecular Hbond substituents is 4. The minimum absolute atomic E-state index is 0.206. The number of aliphatic carboxylic acids is 1. The van der Waals surface area contributed by atoms with E-state index in [4.69, 9.17) is 14.2 Å². The van der Waals surface area contributed by atoms with Crippen LogP contribution in [-0.4, -0.2) is 91.4 Å². The van der Waals surface area contributed by atoms with Gasteiger partial charge in [-0.05, 0) is 60.4 Å². The van der Waals surface area contributed by atoms with Crippen molar-refractivity contribution in [3.8, 4) is 23.0 Å².